The number of aliphatic imine (C=N–C) groups is 1. The smallest absolute Gasteiger partial charge is 0.0813 e. The van der Waals surface area contributed by atoms with E-state index in [4.69, 9.17) is 0 Å². The molecular weight excluding hydrogens is 397 g/mol. The molecule has 0 unspecified atom stereocenters. The molecule has 0 atom stereocenters. The summed E-state index contributed by atoms with van der Waals surface area (Å²) in [4.78, 5) is 8.60. The van der Waals surface area contributed by atoms with Crippen LogP contribution in [0, 0.1) is 24.3 Å². The average Bonchev–Trinajstić information content (AvgIpc) is 2.83. The van der Waals surface area contributed by atoms with Crippen LogP contribution >= 0.6 is 22.6 Å². The zero-order valence-electron chi connectivity index (χ0n) is 13.4. The third-order valence-corrected chi connectivity index (χ3v) is 5.08. The Balaban J connectivity index is 1.99. The summed E-state index contributed by atoms with van der Waals surface area (Å²) in [6.07, 6.45) is 5.43. The molecule has 0 N–H and O–H groups in total. The maximum absolute atomic E-state index is 4.52. The zero-order valence-corrected chi connectivity index (χ0v) is 15.6. The van der Waals surface area contributed by atoms with E-state index < -0.39 is 0 Å². The van der Waals surface area contributed by atoms with Crippen molar-refractivity contribution in [1.82, 2.24) is 9.55 Å². The van der Waals surface area contributed by atoms with Crippen molar-refractivity contribution in [1.29, 1.82) is 0 Å². The molecule has 3 nitrogen and oxygen atoms in total. The number of benzene rings is 1. The van der Waals surface area contributed by atoms with E-state index in [9.17, 15) is 0 Å². The lowest BCUT2D eigenvalue weighted by molar-refractivity contribution is 0.962. The first-order valence-electron chi connectivity index (χ1n) is 7.46. The van der Waals surface area contributed by atoms with Crippen LogP contribution in [0.2, 0.25) is 0 Å². The maximum Gasteiger partial charge on any atom is 0.0813 e. The summed E-state index contributed by atoms with van der Waals surface area (Å²) in [6.45, 7) is 6.40. The quantitative estimate of drug-likeness (QED) is 0.430. The van der Waals surface area contributed by atoms with E-state index in [2.05, 4.69) is 82.2 Å². The fourth-order valence-electron chi connectivity index (χ4n) is 2.66. The Kier molecular flexibility index (Phi) is 4.61. The molecule has 2 aromatic heterocycles. The molecule has 0 radical (unpaired) electrons. The highest BCUT2D eigenvalue weighted by atomic mass is 127. The second-order valence-corrected chi connectivity index (χ2v) is 6.73. The van der Waals surface area contributed by atoms with E-state index in [1.165, 1.54) is 26.2 Å². The molecule has 0 spiro atoms. The minimum atomic E-state index is 0.863. The van der Waals surface area contributed by atoms with Crippen molar-refractivity contribution in [2.75, 3.05) is 0 Å². The topological polar surface area (TPSA) is 30.2 Å². The minimum Gasteiger partial charge on any atom is -0.318 e. The van der Waals surface area contributed by atoms with Gasteiger partial charge in [-0.05, 0) is 85.3 Å². The molecule has 116 valence electrons. The van der Waals surface area contributed by atoms with Crippen molar-refractivity contribution in [2.45, 2.75) is 20.8 Å². The predicted octanol–water partition coefficient (Wildman–Crippen LogP) is 5.15. The third kappa shape index (κ3) is 3.37. The van der Waals surface area contributed by atoms with Crippen LogP contribution in [0.15, 0.2) is 53.8 Å². The summed E-state index contributed by atoms with van der Waals surface area (Å²) in [6, 6.07) is 12.6. The maximum atomic E-state index is 4.52. The fraction of sp³-hybridized carbons (Fsp3) is 0.158. The molecule has 4 heteroatoms. The van der Waals surface area contributed by atoms with Crippen molar-refractivity contribution in [3.63, 3.8) is 0 Å². The van der Waals surface area contributed by atoms with Gasteiger partial charge in [0.05, 0.1) is 11.9 Å². The summed E-state index contributed by atoms with van der Waals surface area (Å²) >= 11 is 2.37. The van der Waals surface area contributed by atoms with E-state index in [0.717, 1.165) is 11.3 Å². The first kappa shape index (κ1) is 15.9. The van der Waals surface area contributed by atoms with Crippen LogP contribution in [0.4, 0.5) is 5.69 Å². The lowest BCUT2D eigenvalue weighted by Gasteiger charge is -2.11. The Morgan fingerprint density at radius 3 is 2.65 bits per heavy atom. The molecule has 3 rings (SSSR count). The molecular formula is C19H18IN3. The number of aromatic nitrogens is 2. The van der Waals surface area contributed by atoms with Gasteiger partial charge in [0.2, 0.25) is 0 Å². The lowest BCUT2D eigenvalue weighted by atomic mass is 10.2. The number of hydrogen-bond donors (Lipinski definition) is 0. The van der Waals surface area contributed by atoms with Gasteiger partial charge in [-0.1, -0.05) is 0 Å². The van der Waals surface area contributed by atoms with Crippen molar-refractivity contribution >= 4 is 34.5 Å². The highest BCUT2D eigenvalue weighted by Gasteiger charge is 2.10. The molecule has 0 saturated heterocycles. The molecule has 0 aliphatic heterocycles. The molecule has 3 aromatic rings. The first-order chi connectivity index (χ1) is 11.1. The van der Waals surface area contributed by atoms with Gasteiger partial charge in [0.25, 0.3) is 0 Å². The molecule has 0 fully saturated rings. The molecule has 23 heavy (non-hydrogen) atoms. The van der Waals surface area contributed by atoms with Gasteiger partial charge in [-0.3, -0.25) is 9.98 Å². The van der Waals surface area contributed by atoms with Gasteiger partial charge in [0.1, 0.15) is 0 Å². The summed E-state index contributed by atoms with van der Waals surface area (Å²) in [7, 11) is 0. The zero-order chi connectivity index (χ0) is 16.4. The standard InChI is InChI=1S/C19H18IN3/c1-13-9-18(6-7-19(13)20)23-14(2)10-16(15(23)3)11-22-17-5-4-8-21-12-17/h4-12H,1-3H3. The number of rotatable bonds is 3. The van der Waals surface area contributed by atoms with Crippen LogP contribution in [0.1, 0.15) is 22.5 Å². The number of hydrogen-bond acceptors (Lipinski definition) is 2. The van der Waals surface area contributed by atoms with Crippen molar-refractivity contribution in [2.24, 2.45) is 4.99 Å². The summed E-state index contributed by atoms with van der Waals surface area (Å²) in [5, 5.41) is 0. The second-order valence-electron chi connectivity index (χ2n) is 5.56. The van der Waals surface area contributed by atoms with Crippen LogP contribution in [0.5, 0.6) is 0 Å². The first-order valence-corrected chi connectivity index (χ1v) is 8.53. The molecule has 1 aromatic carbocycles. The van der Waals surface area contributed by atoms with Gasteiger partial charge in [0.15, 0.2) is 0 Å². The van der Waals surface area contributed by atoms with Crippen molar-refractivity contribution in [3.05, 3.63) is 74.9 Å². The van der Waals surface area contributed by atoms with E-state index in [1.807, 2.05) is 18.3 Å². The molecule has 2 heterocycles. The van der Waals surface area contributed by atoms with E-state index in [0.29, 0.717) is 0 Å². The number of nitrogens with zero attached hydrogens (tertiary/aromatic N) is 3. The SMILES string of the molecule is Cc1cc(-n2c(C)cc(C=Nc3cccnc3)c2C)ccc1I. The lowest BCUT2D eigenvalue weighted by Crippen LogP contribution is -2.00. The summed E-state index contributed by atoms with van der Waals surface area (Å²) in [5.74, 6) is 0. The Morgan fingerprint density at radius 2 is 1.96 bits per heavy atom. The molecule has 0 saturated carbocycles. The summed E-state index contributed by atoms with van der Waals surface area (Å²) in [5.41, 5.74) is 6.87. The van der Waals surface area contributed by atoms with E-state index in [-0.39, 0.29) is 0 Å². The monoisotopic (exact) mass is 415 g/mol. The van der Waals surface area contributed by atoms with Crippen LogP contribution in [0.3, 0.4) is 0 Å². The Bertz CT molecular complexity index is 864. The highest BCUT2D eigenvalue weighted by molar-refractivity contribution is 14.1. The van der Waals surface area contributed by atoms with Gasteiger partial charge in [0, 0.05) is 38.6 Å². The number of pyridine rings is 1. The Morgan fingerprint density at radius 1 is 1.13 bits per heavy atom. The molecule has 0 aliphatic rings. The Hall–Kier alpha value is -1.95. The van der Waals surface area contributed by atoms with Gasteiger partial charge in [-0.25, -0.2) is 0 Å². The summed E-state index contributed by atoms with van der Waals surface area (Å²) < 4.78 is 3.56. The van der Waals surface area contributed by atoms with Gasteiger partial charge < -0.3 is 4.57 Å². The average molecular weight is 415 g/mol. The molecule has 0 aliphatic carbocycles. The van der Waals surface area contributed by atoms with E-state index in [1.54, 1.807) is 12.4 Å². The number of aryl methyl sites for hydroxylation is 2. The van der Waals surface area contributed by atoms with Crippen molar-refractivity contribution < 1.29 is 0 Å². The van der Waals surface area contributed by atoms with Gasteiger partial charge in [-0.15, -0.1) is 0 Å². The predicted molar refractivity (Wildman–Crippen MR) is 104 cm³/mol. The molecule has 0 bridgehead atoms. The van der Waals surface area contributed by atoms with Gasteiger partial charge >= 0.3 is 0 Å². The van der Waals surface area contributed by atoms with Crippen LogP contribution in [-0.2, 0) is 0 Å². The largest absolute Gasteiger partial charge is 0.318 e. The van der Waals surface area contributed by atoms with Crippen molar-refractivity contribution in [3.8, 4) is 5.69 Å². The van der Waals surface area contributed by atoms with Crippen LogP contribution in [-0.4, -0.2) is 15.8 Å². The number of halogens is 1. The fourth-order valence-corrected chi connectivity index (χ4v) is 2.99. The highest BCUT2D eigenvalue weighted by Crippen LogP contribution is 2.23. The van der Waals surface area contributed by atoms with Gasteiger partial charge in [-0.2, -0.15) is 0 Å². The minimum absolute atomic E-state index is 0.863. The normalized spacial score (nSPS) is 11.3. The van der Waals surface area contributed by atoms with Crippen LogP contribution < -0.4 is 0 Å². The molecule has 0 amide bonds. The second kappa shape index (κ2) is 6.66. The Labute approximate surface area is 150 Å². The van der Waals surface area contributed by atoms with E-state index >= 15 is 0 Å². The third-order valence-electron chi connectivity index (χ3n) is 3.87. The van der Waals surface area contributed by atoms with Crippen LogP contribution in [0.25, 0.3) is 5.69 Å².